The average molecular weight is 263 g/mol. The second kappa shape index (κ2) is 6.79. The van der Waals surface area contributed by atoms with E-state index in [1.807, 2.05) is 18.2 Å². The molecular weight excluding hydrogens is 246 g/mol. The average Bonchev–Trinajstić information content (AvgIpc) is 2.37. The van der Waals surface area contributed by atoms with Crippen LogP contribution in [-0.4, -0.2) is 23.3 Å². The topological polar surface area (TPSA) is 53.2 Å². The summed E-state index contributed by atoms with van der Waals surface area (Å²) in [5.41, 5.74) is 0. The highest BCUT2D eigenvalue weighted by molar-refractivity contribution is 7.99. The number of hydrogen-bond donors (Lipinski definition) is 1. The first-order chi connectivity index (χ1) is 8.78. The van der Waals surface area contributed by atoms with Crippen molar-refractivity contribution in [3.63, 3.8) is 0 Å². The largest absolute Gasteiger partial charge is 0.368 e. The lowest BCUT2D eigenvalue weighted by Crippen LogP contribution is -2.34. The van der Waals surface area contributed by atoms with Crippen molar-refractivity contribution < 1.29 is 9.84 Å². The van der Waals surface area contributed by atoms with Crippen LogP contribution in [0.25, 0.3) is 0 Å². The van der Waals surface area contributed by atoms with Gasteiger partial charge in [0.25, 0.3) is 0 Å². The molecule has 0 amide bonds. The number of aliphatic hydroxyl groups excluding tert-OH is 1. The van der Waals surface area contributed by atoms with Crippen LogP contribution in [0.4, 0.5) is 0 Å². The first-order valence-corrected chi connectivity index (χ1v) is 7.15. The molecule has 0 aliphatic carbocycles. The molecule has 18 heavy (non-hydrogen) atoms. The predicted octanol–water partition coefficient (Wildman–Crippen LogP) is 2.81. The van der Waals surface area contributed by atoms with Crippen molar-refractivity contribution in [2.45, 2.75) is 36.6 Å². The third kappa shape index (κ3) is 4.02. The van der Waals surface area contributed by atoms with Gasteiger partial charge in [0.1, 0.15) is 0 Å². The van der Waals surface area contributed by atoms with Crippen molar-refractivity contribution in [3.05, 3.63) is 30.3 Å². The molecule has 3 atom stereocenters. The highest BCUT2D eigenvalue weighted by Crippen LogP contribution is 2.29. The summed E-state index contributed by atoms with van der Waals surface area (Å²) < 4.78 is 5.51. The molecule has 0 spiro atoms. The van der Waals surface area contributed by atoms with Crippen LogP contribution < -0.4 is 0 Å². The lowest BCUT2D eigenvalue weighted by Gasteiger charge is -2.31. The molecule has 0 radical (unpaired) electrons. The van der Waals surface area contributed by atoms with E-state index in [0.717, 1.165) is 12.2 Å². The summed E-state index contributed by atoms with van der Waals surface area (Å²) in [7, 11) is 0. The minimum atomic E-state index is -0.710. The lowest BCUT2D eigenvalue weighted by atomic mass is 9.93. The first-order valence-electron chi connectivity index (χ1n) is 6.16. The van der Waals surface area contributed by atoms with Gasteiger partial charge in [-0.15, -0.1) is 11.8 Å². The van der Waals surface area contributed by atoms with E-state index in [4.69, 9.17) is 10.00 Å². The quantitative estimate of drug-likeness (QED) is 0.849. The van der Waals surface area contributed by atoms with Crippen molar-refractivity contribution in [2.75, 3.05) is 5.75 Å². The number of thioether (sulfide) groups is 1. The second-order valence-electron chi connectivity index (χ2n) is 4.54. The molecule has 1 N–H and O–H groups in total. The standard InChI is InChI=1S/C14H17NO2S/c15-7-6-11-8-12(17-14(16)9-11)10-18-13-4-2-1-3-5-13/h1-5,11-12,14,16H,6,8-10H2. The van der Waals surface area contributed by atoms with Crippen LogP contribution in [0.3, 0.4) is 0 Å². The fourth-order valence-corrected chi connectivity index (χ4v) is 3.14. The Kier molecular flexibility index (Phi) is 5.06. The molecule has 3 unspecified atom stereocenters. The maximum Gasteiger partial charge on any atom is 0.155 e. The van der Waals surface area contributed by atoms with Crippen LogP contribution in [0.15, 0.2) is 35.2 Å². The van der Waals surface area contributed by atoms with Gasteiger partial charge in [-0.2, -0.15) is 5.26 Å². The van der Waals surface area contributed by atoms with Crippen molar-refractivity contribution in [1.29, 1.82) is 5.26 Å². The Morgan fingerprint density at radius 2 is 2.11 bits per heavy atom. The van der Waals surface area contributed by atoms with Crippen molar-refractivity contribution in [3.8, 4) is 6.07 Å². The van der Waals surface area contributed by atoms with Gasteiger partial charge >= 0.3 is 0 Å². The molecule has 1 aromatic rings. The summed E-state index contributed by atoms with van der Waals surface area (Å²) in [6, 6.07) is 12.3. The summed E-state index contributed by atoms with van der Waals surface area (Å²) >= 11 is 1.73. The number of rotatable bonds is 4. The zero-order valence-corrected chi connectivity index (χ0v) is 11.0. The summed E-state index contributed by atoms with van der Waals surface area (Å²) in [6.45, 7) is 0. The third-order valence-corrected chi connectivity index (χ3v) is 4.18. The number of benzene rings is 1. The molecular formula is C14H17NO2S. The molecule has 1 saturated heterocycles. The minimum Gasteiger partial charge on any atom is -0.368 e. The molecule has 1 aliphatic heterocycles. The normalized spacial score (nSPS) is 27.7. The number of hydrogen-bond acceptors (Lipinski definition) is 4. The van der Waals surface area contributed by atoms with E-state index in [1.165, 1.54) is 4.90 Å². The van der Waals surface area contributed by atoms with Gasteiger partial charge in [-0.25, -0.2) is 0 Å². The Morgan fingerprint density at radius 1 is 1.33 bits per heavy atom. The van der Waals surface area contributed by atoms with E-state index >= 15 is 0 Å². The highest BCUT2D eigenvalue weighted by atomic mass is 32.2. The van der Waals surface area contributed by atoms with E-state index in [2.05, 4.69) is 18.2 Å². The molecule has 2 rings (SSSR count). The lowest BCUT2D eigenvalue weighted by molar-refractivity contribution is -0.169. The van der Waals surface area contributed by atoms with E-state index < -0.39 is 6.29 Å². The molecule has 0 bridgehead atoms. The van der Waals surface area contributed by atoms with Gasteiger partial charge in [0.05, 0.1) is 12.2 Å². The number of nitrogens with zero attached hydrogens (tertiary/aromatic N) is 1. The predicted molar refractivity (Wildman–Crippen MR) is 71.0 cm³/mol. The summed E-state index contributed by atoms with van der Waals surface area (Å²) in [6.07, 6.45) is 1.29. The van der Waals surface area contributed by atoms with Crippen LogP contribution in [-0.2, 0) is 4.74 Å². The van der Waals surface area contributed by atoms with E-state index in [-0.39, 0.29) is 12.0 Å². The van der Waals surface area contributed by atoms with Gasteiger partial charge < -0.3 is 9.84 Å². The minimum absolute atomic E-state index is 0.0392. The van der Waals surface area contributed by atoms with Gasteiger partial charge in [0.15, 0.2) is 6.29 Å². The summed E-state index contributed by atoms with van der Waals surface area (Å²) in [5, 5.41) is 18.4. The fraction of sp³-hybridized carbons (Fsp3) is 0.500. The fourth-order valence-electron chi connectivity index (χ4n) is 2.20. The molecule has 3 nitrogen and oxygen atoms in total. The van der Waals surface area contributed by atoms with Crippen molar-refractivity contribution in [1.82, 2.24) is 0 Å². The Bertz CT molecular complexity index is 404. The number of nitriles is 1. The van der Waals surface area contributed by atoms with Crippen molar-refractivity contribution in [2.24, 2.45) is 5.92 Å². The maximum absolute atomic E-state index is 9.63. The van der Waals surface area contributed by atoms with Gasteiger partial charge in [0, 0.05) is 23.5 Å². The molecule has 1 aliphatic rings. The zero-order valence-electron chi connectivity index (χ0n) is 10.2. The van der Waals surface area contributed by atoms with Crippen molar-refractivity contribution >= 4 is 11.8 Å². The van der Waals surface area contributed by atoms with Crippen LogP contribution in [0.1, 0.15) is 19.3 Å². The summed E-state index contributed by atoms with van der Waals surface area (Å²) in [5.74, 6) is 1.09. The van der Waals surface area contributed by atoms with Gasteiger partial charge in [0.2, 0.25) is 0 Å². The molecule has 1 heterocycles. The molecule has 4 heteroatoms. The summed E-state index contributed by atoms with van der Waals surface area (Å²) in [4.78, 5) is 1.21. The Balaban J connectivity index is 1.83. The van der Waals surface area contributed by atoms with Crippen LogP contribution in [0.5, 0.6) is 0 Å². The SMILES string of the molecule is N#CCC1CC(O)OC(CSc2ccccc2)C1. The second-order valence-corrected chi connectivity index (χ2v) is 5.63. The van der Waals surface area contributed by atoms with E-state index in [0.29, 0.717) is 12.8 Å². The van der Waals surface area contributed by atoms with Gasteiger partial charge in [-0.3, -0.25) is 0 Å². The van der Waals surface area contributed by atoms with Gasteiger partial charge in [-0.05, 0) is 24.5 Å². The number of aliphatic hydroxyl groups is 1. The number of ether oxygens (including phenoxy) is 1. The van der Waals surface area contributed by atoms with Gasteiger partial charge in [-0.1, -0.05) is 18.2 Å². The monoisotopic (exact) mass is 263 g/mol. The third-order valence-electron chi connectivity index (χ3n) is 3.04. The molecule has 1 fully saturated rings. The van der Waals surface area contributed by atoms with Crippen LogP contribution >= 0.6 is 11.8 Å². The first kappa shape index (κ1) is 13.4. The Morgan fingerprint density at radius 3 is 2.83 bits per heavy atom. The zero-order chi connectivity index (χ0) is 12.8. The smallest absolute Gasteiger partial charge is 0.155 e. The maximum atomic E-state index is 9.63. The molecule has 96 valence electrons. The Labute approximate surface area is 112 Å². The molecule has 0 saturated carbocycles. The van der Waals surface area contributed by atoms with Crippen LogP contribution in [0.2, 0.25) is 0 Å². The van der Waals surface area contributed by atoms with E-state index in [1.54, 1.807) is 11.8 Å². The Hall–Kier alpha value is -1.02. The van der Waals surface area contributed by atoms with E-state index in [9.17, 15) is 5.11 Å². The van der Waals surface area contributed by atoms with Crippen LogP contribution in [0, 0.1) is 17.2 Å². The molecule has 1 aromatic carbocycles. The highest BCUT2D eigenvalue weighted by Gasteiger charge is 2.28. The molecule has 0 aromatic heterocycles.